The molecule has 0 spiro atoms. The highest BCUT2D eigenvalue weighted by Crippen LogP contribution is 2.14. The zero-order valence-electron chi connectivity index (χ0n) is 9.83. The highest BCUT2D eigenvalue weighted by molar-refractivity contribution is 7.98. The summed E-state index contributed by atoms with van der Waals surface area (Å²) in [4.78, 5) is 11.7. The van der Waals surface area contributed by atoms with Gasteiger partial charge in [0.2, 0.25) is 5.91 Å². The number of amides is 1. The van der Waals surface area contributed by atoms with Crippen LogP contribution in [-0.2, 0) is 4.79 Å². The molecular weight excluding hydrogens is 224 g/mol. The molecule has 5 nitrogen and oxygen atoms in total. The Kier molecular flexibility index (Phi) is 4.82. The molecule has 1 heterocycles. The van der Waals surface area contributed by atoms with Gasteiger partial charge in [-0.1, -0.05) is 0 Å². The van der Waals surface area contributed by atoms with E-state index in [1.165, 1.54) is 0 Å². The number of H-pyrrole nitrogens is 1. The summed E-state index contributed by atoms with van der Waals surface area (Å²) >= 11 is 1.68. The Hall–Kier alpha value is -1.01. The van der Waals surface area contributed by atoms with Crippen LogP contribution in [0.15, 0.2) is 0 Å². The predicted molar refractivity (Wildman–Crippen MR) is 67.7 cm³/mol. The quantitative estimate of drug-likeness (QED) is 0.720. The van der Waals surface area contributed by atoms with E-state index in [0.29, 0.717) is 12.2 Å². The predicted octanol–water partition coefficient (Wildman–Crippen LogP) is 1.05. The van der Waals surface area contributed by atoms with Crippen molar-refractivity contribution in [3.63, 3.8) is 0 Å². The summed E-state index contributed by atoms with van der Waals surface area (Å²) in [6.07, 6.45) is 2.67. The number of thioether (sulfide) groups is 1. The van der Waals surface area contributed by atoms with Gasteiger partial charge in [0.25, 0.3) is 0 Å². The minimum atomic E-state index is -0.469. The summed E-state index contributed by atoms with van der Waals surface area (Å²) in [7, 11) is 0. The SMILES string of the molecule is CSCC[C@H](N)C(=O)Nc1n[nH]c(C)c1C. The van der Waals surface area contributed by atoms with E-state index in [0.717, 1.165) is 17.0 Å². The van der Waals surface area contributed by atoms with Crippen LogP contribution in [-0.4, -0.2) is 34.2 Å². The van der Waals surface area contributed by atoms with Crippen molar-refractivity contribution >= 4 is 23.5 Å². The van der Waals surface area contributed by atoms with E-state index in [1.807, 2.05) is 20.1 Å². The maximum absolute atomic E-state index is 11.7. The maximum atomic E-state index is 11.7. The molecule has 90 valence electrons. The Morgan fingerprint density at radius 3 is 2.81 bits per heavy atom. The van der Waals surface area contributed by atoms with Gasteiger partial charge in [0.15, 0.2) is 5.82 Å². The van der Waals surface area contributed by atoms with Gasteiger partial charge in [0, 0.05) is 11.3 Å². The Balaban J connectivity index is 2.54. The summed E-state index contributed by atoms with van der Waals surface area (Å²) in [5.74, 6) is 1.28. The van der Waals surface area contributed by atoms with Crippen molar-refractivity contribution in [2.75, 3.05) is 17.3 Å². The van der Waals surface area contributed by atoms with Crippen molar-refractivity contribution in [2.45, 2.75) is 26.3 Å². The lowest BCUT2D eigenvalue weighted by Gasteiger charge is -2.10. The molecule has 0 unspecified atom stereocenters. The van der Waals surface area contributed by atoms with E-state index in [4.69, 9.17) is 5.73 Å². The van der Waals surface area contributed by atoms with Gasteiger partial charge in [-0.05, 0) is 32.3 Å². The molecule has 0 aliphatic rings. The standard InChI is InChI=1S/C10H18N4OS/c1-6-7(2)13-14-9(6)12-10(15)8(11)4-5-16-3/h8H,4-5,11H2,1-3H3,(H2,12,13,14,15)/t8-/m0/s1. The monoisotopic (exact) mass is 242 g/mol. The Morgan fingerprint density at radius 2 is 2.31 bits per heavy atom. The largest absolute Gasteiger partial charge is 0.320 e. The van der Waals surface area contributed by atoms with Crippen LogP contribution < -0.4 is 11.1 Å². The molecule has 0 saturated carbocycles. The molecule has 1 atom stereocenters. The first kappa shape index (κ1) is 13.1. The molecule has 0 radical (unpaired) electrons. The van der Waals surface area contributed by atoms with Crippen LogP contribution in [0.25, 0.3) is 0 Å². The van der Waals surface area contributed by atoms with Crippen LogP contribution in [0, 0.1) is 13.8 Å². The van der Waals surface area contributed by atoms with Crippen molar-refractivity contribution in [3.8, 4) is 0 Å². The molecule has 1 amide bonds. The molecule has 4 N–H and O–H groups in total. The van der Waals surface area contributed by atoms with Crippen LogP contribution >= 0.6 is 11.8 Å². The van der Waals surface area contributed by atoms with Gasteiger partial charge in [-0.15, -0.1) is 0 Å². The van der Waals surface area contributed by atoms with E-state index < -0.39 is 6.04 Å². The summed E-state index contributed by atoms with van der Waals surface area (Å²) in [5, 5.41) is 9.54. The van der Waals surface area contributed by atoms with E-state index in [2.05, 4.69) is 15.5 Å². The highest BCUT2D eigenvalue weighted by Gasteiger charge is 2.15. The molecule has 0 aliphatic carbocycles. The molecule has 0 fully saturated rings. The third-order valence-corrected chi connectivity index (χ3v) is 3.11. The fourth-order valence-electron chi connectivity index (χ4n) is 1.19. The summed E-state index contributed by atoms with van der Waals surface area (Å²) in [6, 6.07) is -0.469. The van der Waals surface area contributed by atoms with Crippen molar-refractivity contribution < 1.29 is 4.79 Å². The average Bonchev–Trinajstić information content (AvgIpc) is 2.57. The second-order valence-electron chi connectivity index (χ2n) is 3.70. The molecule has 16 heavy (non-hydrogen) atoms. The molecule has 6 heteroatoms. The van der Waals surface area contributed by atoms with E-state index in [1.54, 1.807) is 11.8 Å². The second kappa shape index (κ2) is 5.91. The number of hydrogen-bond donors (Lipinski definition) is 3. The topological polar surface area (TPSA) is 83.8 Å². The Labute approximate surface area is 99.6 Å². The van der Waals surface area contributed by atoms with Gasteiger partial charge in [0.1, 0.15) is 0 Å². The molecular formula is C10H18N4OS. The van der Waals surface area contributed by atoms with Crippen LogP contribution in [0.3, 0.4) is 0 Å². The second-order valence-corrected chi connectivity index (χ2v) is 4.69. The molecule has 0 aliphatic heterocycles. The van der Waals surface area contributed by atoms with E-state index >= 15 is 0 Å². The van der Waals surface area contributed by atoms with E-state index in [9.17, 15) is 4.79 Å². The molecule has 0 bridgehead atoms. The first-order chi connectivity index (χ1) is 7.56. The number of rotatable bonds is 5. The van der Waals surface area contributed by atoms with Gasteiger partial charge >= 0.3 is 0 Å². The fraction of sp³-hybridized carbons (Fsp3) is 0.600. The number of carbonyl (C=O) groups excluding carboxylic acids is 1. The summed E-state index contributed by atoms with van der Waals surface area (Å²) < 4.78 is 0. The van der Waals surface area contributed by atoms with Crippen LogP contribution in [0.2, 0.25) is 0 Å². The molecule has 0 aromatic carbocycles. The molecule has 1 rings (SSSR count). The van der Waals surface area contributed by atoms with Gasteiger partial charge in [-0.3, -0.25) is 9.89 Å². The zero-order valence-corrected chi connectivity index (χ0v) is 10.6. The van der Waals surface area contributed by atoms with Crippen molar-refractivity contribution in [2.24, 2.45) is 5.73 Å². The summed E-state index contributed by atoms with van der Waals surface area (Å²) in [5.41, 5.74) is 7.65. The van der Waals surface area contributed by atoms with Crippen LogP contribution in [0.4, 0.5) is 5.82 Å². The first-order valence-electron chi connectivity index (χ1n) is 5.13. The number of nitrogens with one attached hydrogen (secondary N) is 2. The lowest BCUT2D eigenvalue weighted by molar-refractivity contribution is -0.117. The summed E-state index contributed by atoms with van der Waals surface area (Å²) in [6.45, 7) is 3.81. The first-order valence-corrected chi connectivity index (χ1v) is 6.52. The smallest absolute Gasteiger partial charge is 0.242 e. The molecule has 0 saturated heterocycles. The number of aromatic amines is 1. The third kappa shape index (κ3) is 3.24. The minimum absolute atomic E-state index is 0.177. The number of nitrogens with zero attached hydrogens (tertiary/aromatic N) is 1. The number of aromatic nitrogens is 2. The number of aryl methyl sites for hydroxylation is 1. The number of nitrogens with two attached hydrogens (primary N) is 1. The van der Waals surface area contributed by atoms with Crippen molar-refractivity contribution in [3.05, 3.63) is 11.3 Å². The van der Waals surface area contributed by atoms with Gasteiger partial charge in [-0.2, -0.15) is 16.9 Å². The lowest BCUT2D eigenvalue weighted by atomic mass is 10.2. The Morgan fingerprint density at radius 1 is 1.62 bits per heavy atom. The zero-order chi connectivity index (χ0) is 12.1. The lowest BCUT2D eigenvalue weighted by Crippen LogP contribution is -2.36. The van der Waals surface area contributed by atoms with Crippen molar-refractivity contribution in [1.29, 1.82) is 0 Å². The third-order valence-electron chi connectivity index (χ3n) is 2.46. The maximum Gasteiger partial charge on any atom is 0.242 e. The van der Waals surface area contributed by atoms with Gasteiger partial charge in [-0.25, -0.2) is 0 Å². The van der Waals surface area contributed by atoms with Crippen LogP contribution in [0.5, 0.6) is 0 Å². The molecule has 1 aromatic heterocycles. The highest BCUT2D eigenvalue weighted by atomic mass is 32.2. The van der Waals surface area contributed by atoms with Crippen molar-refractivity contribution in [1.82, 2.24) is 10.2 Å². The normalized spacial score (nSPS) is 12.5. The van der Waals surface area contributed by atoms with Gasteiger partial charge < -0.3 is 11.1 Å². The molecule has 1 aromatic rings. The average molecular weight is 242 g/mol. The fourth-order valence-corrected chi connectivity index (χ4v) is 1.68. The van der Waals surface area contributed by atoms with Crippen LogP contribution in [0.1, 0.15) is 17.7 Å². The Bertz CT molecular complexity index is 364. The number of carbonyl (C=O) groups is 1. The number of hydrogen-bond acceptors (Lipinski definition) is 4. The number of anilines is 1. The van der Waals surface area contributed by atoms with E-state index in [-0.39, 0.29) is 5.91 Å². The minimum Gasteiger partial charge on any atom is -0.320 e. The van der Waals surface area contributed by atoms with Gasteiger partial charge in [0.05, 0.1) is 6.04 Å².